The summed E-state index contributed by atoms with van der Waals surface area (Å²) in [5.41, 5.74) is 3.27. The topological polar surface area (TPSA) is 115 Å². The summed E-state index contributed by atoms with van der Waals surface area (Å²) in [5, 5.41) is 18.1. The highest BCUT2D eigenvalue weighted by Gasteiger charge is 2.38. The summed E-state index contributed by atoms with van der Waals surface area (Å²) >= 11 is 3.36. The molecule has 10 heteroatoms. The fourth-order valence-corrected chi connectivity index (χ4v) is 4.75. The van der Waals surface area contributed by atoms with Crippen molar-refractivity contribution in [2.45, 2.75) is 19.8 Å². The number of aryl methyl sites for hydroxylation is 1. The number of halogens is 1. The molecule has 0 N–H and O–H groups in total. The number of hydrogen-bond donors (Lipinski definition) is 0. The van der Waals surface area contributed by atoms with Gasteiger partial charge in [-0.1, -0.05) is 0 Å². The van der Waals surface area contributed by atoms with E-state index < -0.39 is 11.8 Å². The van der Waals surface area contributed by atoms with E-state index in [0.29, 0.717) is 5.69 Å². The smallest absolute Gasteiger partial charge is 0.325 e. The number of anilines is 1. The number of imide groups is 1. The Kier molecular flexibility index (Phi) is 6.24. The number of hydrogen-bond acceptors (Lipinski definition) is 8. The zero-order chi connectivity index (χ0) is 23.7. The van der Waals surface area contributed by atoms with Crippen LogP contribution in [0.2, 0.25) is 0 Å². The monoisotopic (exact) mass is 509 g/mol. The third-order valence-corrected chi connectivity index (χ3v) is 6.47. The Bertz CT molecular complexity index is 1250. The molecule has 0 saturated carbocycles. The standard InChI is InChI=1S/C23H20BrN5O4/c1-3-29-22(31)16-10-14(11-25)21(20(24)19(16)23(29)32)27-26-15-6-7-17-13(9-15)5-4-8-28(17)12-18(30)33-2/h6-7,9-10H,3-5,8,12H2,1-2H3/b27-26+. The van der Waals surface area contributed by atoms with Gasteiger partial charge in [0.15, 0.2) is 0 Å². The lowest BCUT2D eigenvalue weighted by atomic mass is 10.0. The Morgan fingerprint density at radius 1 is 1.24 bits per heavy atom. The lowest BCUT2D eigenvalue weighted by Crippen LogP contribution is -2.34. The summed E-state index contributed by atoms with van der Waals surface area (Å²) in [7, 11) is 1.37. The van der Waals surface area contributed by atoms with E-state index in [2.05, 4.69) is 26.2 Å². The van der Waals surface area contributed by atoms with Crippen LogP contribution in [0.1, 0.15) is 45.2 Å². The van der Waals surface area contributed by atoms with E-state index in [9.17, 15) is 19.6 Å². The number of esters is 1. The maximum absolute atomic E-state index is 12.7. The van der Waals surface area contributed by atoms with E-state index in [1.165, 1.54) is 13.2 Å². The highest BCUT2D eigenvalue weighted by atomic mass is 79.9. The molecule has 0 aliphatic carbocycles. The van der Waals surface area contributed by atoms with Gasteiger partial charge in [0.25, 0.3) is 11.8 Å². The van der Waals surface area contributed by atoms with Gasteiger partial charge in [-0.3, -0.25) is 19.3 Å². The number of carbonyl (C=O) groups excluding carboxylic acids is 3. The van der Waals surface area contributed by atoms with Crippen LogP contribution in [0.4, 0.5) is 17.1 Å². The maximum Gasteiger partial charge on any atom is 0.325 e. The van der Waals surface area contributed by atoms with Crippen LogP contribution in [-0.4, -0.2) is 49.4 Å². The zero-order valence-corrected chi connectivity index (χ0v) is 19.7. The van der Waals surface area contributed by atoms with Gasteiger partial charge in [0.05, 0.1) is 34.0 Å². The Morgan fingerprint density at radius 3 is 2.73 bits per heavy atom. The van der Waals surface area contributed by atoms with Crippen LogP contribution in [0.15, 0.2) is 39.0 Å². The van der Waals surface area contributed by atoms with Crippen LogP contribution in [0, 0.1) is 11.3 Å². The zero-order valence-electron chi connectivity index (χ0n) is 18.1. The van der Waals surface area contributed by atoms with E-state index in [1.54, 1.807) is 13.0 Å². The summed E-state index contributed by atoms with van der Waals surface area (Å²) in [5.74, 6) is -1.15. The molecule has 2 aliphatic rings. The van der Waals surface area contributed by atoms with Gasteiger partial charge in [0.2, 0.25) is 0 Å². The number of rotatable bonds is 5. The summed E-state index contributed by atoms with van der Waals surface area (Å²) in [4.78, 5) is 39.9. The van der Waals surface area contributed by atoms with Gasteiger partial charge in [0.1, 0.15) is 18.3 Å². The number of fused-ring (bicyclic) bond motifs is 2. The van der Waals surface area contributed by atoms with Gasteiger partial charge < -0.3 is 9.64 Å². The normalized spacial score (nSPS) is 15.0. The van der Waals surface area contributed by atoms with Crippen LogP contribution in [0.5, 0.6) is 0 Å². The molecule has 0 atom stereocenters. The van der Waals surface area contributed by atoms with Crippen LogP contribution in [-0.2, 0) is 16.0 Å². The van der Waals surface area contributed by atoms with Crippen molar-refractivity contribution in [1.29, 1.82) is 5.26 Å². The highest BCUT2D eigenvalue weighted by Crippen LogP contribution is 2.40. The molecule has 33 heavy (non-hydrogen) atoms. The SMILES string of the molecule is CCN1C(=O)c2cc(C#N)c(/N=N/c3ccc4c(c3)CCCN4CC(=O)OC)c(Br)c2C1=O. The Labute approximate surface area is 198 Å². The molecule has 0 saturated heterocycles. The first kappa shape index (κ1) is 22.6. The van der Waals surface area contributed by atoms with Crippen molar-refractivity contribution in [1.82, 2.24) is 4.90 Å². The molecule has 2 aliphatic heterocycles. The van der Waals surface area contributed by atoms with Crippen LogP contribution >= 0.6 is 15.9 Å². The predicted octanol–water partition coefficient (Wildman–Crippen LogP) is 4.28. The van der Waals surface area contributed by atoms with E-state index >= 15 is 0 Å². The number of nitrogens with zero attached hydrogens (tertiary/aromatic N) is 5. The molecule has 0 spiro atoms. The third-order valence-electron chi connectivity index (χ3n) is 5.70. The molecule has 0 radical (unpaired) electrons. The molecule has 2 heterocycles. The van der Waals surface area contributed by atoms with Gasteiger partial charge in [-0.15, -0.1) is 5.11 Å². The van der Waals surface area contributed by atoms with Crippen LogP contribution < -0.4 is 4.90 Å². The highest BCUT2D eigenvalue weighted by molar-refractivity contribution is 9.10. The van der Waals surface area contributed by atoms with Crippen molar-refractivity contribution in [3.63, 3.8) is 0 Å². The minimum absolute atomic E-state index is 0.144. The molecule has 9 nitrogen and oxygen atoms in total. The van der Waals surface area contributed by atoms with Crippen molar-refractivity contribution < 1.29 is 19.1 Å². The van der Waals surface area contributed by atoms with Crippen molar-refractivity contribution in [2.24, 2.45) is 10.2 Å². The number of amides is 2. The van der Waals surface area contributed by atoms with E-state index in [0.717, 1.165) is 35.5 Å². The third kappa shape index (κ3) is 4.00. The Hall–Kier alpha value is -3.58. The fraction of sp³-hybridized carbons (Fsp3) is 0.304. The van der Waals surface area contributed by atoms with E-state index in [1.807, 2.05) is 23.1 Å². The lowest BCUT2D eigenvalue weighted by molar-refractivity contribution is -0.138. The molecule has 2 aromatic carbocycles. The average Bonchev–Trinajstić information content (AvgIpc) is 3.07. The van der Waals surface area contributed by atoms with Gasteiger partial charge >= 0.3 is 5.97 Å². The molecule has 4 rings (SSSR count). The van der Waals surface area contributed by atoms with Crippen molar-refractivity contribution in [3.05, 3.63) is 51.0 Å². The van der Waals surface area contributed by atoms with Gasteiger partial charge in [-0.25, -0.2) is 0 Å². The number of benzene rings is 2. The molecule has 0 unspecified atom stereocenters. The minimum Gasteiger partial charge on any atom is -0.468 e. The number of nitriles is 1. The summed E-state index contributed by atoms with van der Waals surface area (Å²) in [6.07, 6.45) is 1.73. The maximum atomic E-state index is 12.7. The first-order valence-corrected chi connectivity index (χ1v) is 11.2. The minimum atomic E-state index is -0.426. The second-order valence-electron chi connectivity index (χ2n) is 7.59. The quantitative estimate of drug-likeness (QED) is 0.337. The largest absolute Gasteiger partial charge is 0.468 e. The summed E-state index contributed by atoms with van der Waals surface area (Å²) in [6.45, 7) is 2.89. The molecule has 0 aromatic heterocycles. The molecule has 0 bridgehead atoms. The summed E-state index contributed by atoms with van der Waals surface area (Å²) < 4.78 is 5.05. The molecule has 2 aromatic rings. The number of carbonyl (C=O) groups is 3. The Balaban J connectivity index is 1.68. The van der Waals surface area contributed by atoms with Crippen molar-refractivity contribution in [3.8, 4) is 6.07 Å². The molecular formula is C23H20BrN5O4. The number of azo groups is 1. The van der Waals surface area contributed by atoms with Gasteiger partial charge in [-0.2, -0.15) is 10.4 Å². The summed E-state index contributed by atoms with van der Waals surface area (Å²) in [6, 6.07) is 8.98. The lowest BCUT2D eigenvalue weighted by Gasteiger charge is -2.30. The van der Waals surface area contributed by atoms with Gasteiger partial charge in [-0.05, 0) is 65.5 Å². The first-order chi connectivity index (χ1) is 15.9. The van der Waals surface area contributed by atoms with E-state index in [4.69, 9.17) is 4.74 Å². The molecule has 0 fully saturated rings. The van der Waals surface area contributed by atoms with E-state index in [-0.39, 0.29) is 45.9 Å². The second kappa shape index (κ2) is 9.11. The van der Waals surface area contributed by atoms with Crippen molar-refractivity contribution >= 4 is 50.8 Å². The average molecular weight is 510 g/mol. The second-order valence-corrected chi connectivity index (χ2v) is 8.38. The van der Waals surface area contributed by atoms with Crippen LogP contribution in [0.25, 0.3) is 0 Å². The number of ether oxygens (including phenoxy) is 1. The fourth-order valence-electron chi connectivity index (χ4n) is 4.08. The Morgan fingerprint density at radius 2 is 2.03 bits per heavy atom. The van der Waals surface area contributed by atoms with Crippen LogP contribution in [0.3, 0.4) is 0 Å². The van der Waals surface area contributed by atoms with Crippen molar-refractivity contribution in [2.75, 3.05) is 31.6 Å². The predicted molar refractivity (Wildman–Crippen MR) is 123 cm³/mol. The first-order valence-electron chi connectivity index (χ1n) is 10.4. The molecule has 168 valence electrons. The number of methoxy groups -OCH3 is 1. The van der Waals surface area contributed by atoms with Gasteiger partial charge in [0, 0.05) is 18.8 Å². The molecule has 2 amide bonds. The molecular weight excluding hydrogens is 490 g/mol.